The van der Waals surface area contributed by atoms with Crippen LogP contribution in [-0.4, -0.2) is 40.2 Å². The van der Waals surface area contributed by atoms with E-state index in [9.17, 15) is 5.11 Å². The third-order valence-electron chi connectivity index (χ3n) is 8.62. The van der Waals surface area contributed by atoms with Crippen LogP contribution >= 0.6 is 0 Å². The van der Waals surface area contributed by atoms with Gasteiger partial charge in [-0.15, -0.1) is 0 Å². The second-order valence-electron chi connectivity index (χ2n) is 11.7. The van der Waals surface area contributed by atoms with Gasteiger partial charge in [-0.05, 0) is 42.7 Å². The second kappa shape index (κ2) is 10.2. The topological polar surface area (TPSA) is 63.9 Å². The highest BCUT2D eigenvalue weighted by molar-refractivity contribution is 6.13. The Labute approximate surface area is 245 Å². The first-order valence-corrected chi connectivity index (χ1v) is 14.5. The van der Waals surface area contributed by atoms with Gasteiger partial charge in [0.2, 0.25) is 5.91 Å². The minimum Gasteiger partial charge on any atom is -0.388 e. The molecule has 2 aliphatic rings. The molecule has 1 aromatic heterocycles. The average Bonchev–Trinajstić information content (AvgIpc) is 3.64. The molecule has 6 heteroatoms. The Hall–Kier alpha value is -4.23. The third kappa shape index (κ3) is 4.26. The molecule has 0 spiro atoms. The first-order valence-electron chi connectivity index (χ1n) is 14.5. The van der Waals surface area contributed by atoms with E-state index in [4.69, 9.17) is 9.47 Å². The summed E-state index contributed by atoms with van der Waals surface area (Å²) in [5, 5.41) is 13.4. The molecule has 212 valence electrons. The number of fused-ring (bicyclic) bond motifs is 2. The van der Waals surface area contributed by atoms with Crippen molar-refractivity contribution in [3.63, 3.8) is 0 Å². The van der Waals surface area contributed by atoms with E-state index in [-0.39, 0.29) is 12.5 Å². The summed E-state index contributed by atoms with van der Waals surface area (Å²) < 4.78 is 14.4. The molecule has 1 saturated heterocycles. The van der Waals surface area contributed by atoms with Crippen LogP contribution in [0, 0.1) is 0 Å². The Morgan fingerprint density at radius 1 is 0.810 bits per heavy atom. The lowest BCUT2D eigenvalue weighted by Crippen LogP contribution is -2.54. The van der Waals surface area contributed by atoms with Crippen molar-refractivity contribution in [3.05, 3.63) is 138 Å². The number of anilines is 1. The lowest BCUT2D eigenvalue weighted by Gasteiger charge is -2.36. The number of para-hydroxylation sites is 2. The summed E-state index contributed by atoms with van der Waals surface area (Å²) in [7, 11) is 0. The van der Waals surface area contributed by atoms with E-state index in [1.165, 1.54) is 0 Å². The number of aromatic nitrogens is 1. The number of aliphatic hydroxyl groups excluding tert-OH is 1. The number of carbonyl (C=O) groups is 1. The molecule has 1 N–H and O–H groups in total. The Balaban J connectivity index is 1.46. The molecule has 5 aromatic rings. The Kier molecular flexibility index (Phi) is 6.50. The number of nitrogens with zero attached hydrogens (tertiary/aromatic N) is 2. The van der Waals surface area contributed by atoms with Crippen LogP contribution in [0.3, 0.4) is 0 Å². The van der Waals surface area contributed by atoms with Crippen molar-refractivity contribution in [3.8, 4) is 0 Å². The molecule has 4 aromatic carbocycles. The van der Waals surface area contributed by atoms with E-state index < -0.39 is 23.4 Å². The minimum atomic E-state index is -1.42. The van der Waals surface area contributed by atoms with E-state index in [1.54, 1.807) is 0 Å². The van der Waals surface area contributed by atoms with E-state index >= 15 is 4.79 Å². The molecule has 42 heavy (non-hydrogen) atoms. The molecular formula is C36H34N2O4. The molecule has 3 atom stereocenters. The van der Waals surface area contributed by atoms with Gasteiger partial charge >= 0.3 is 0 Å². The molecule has 0 bridgehead atoms. The lowest BCUT2D eigenvalue weighted by atomic mass is 9.69. The SMILES string of the molecule is CC1(C)OC[C@H]([C@@H](O)[C@@]2(c3cn(Cc4ccccc4)c4ccccc34)C(=O)N(Cc3ccccc3)c3ccccc32)O1. The first kappa shape index (κ1) is 26.7. The number of rotatable bonds is 7. The summed E-state index contributed by atoms with van der Waals surface area (Å²) in [5.74, 6) is -1.03. The Bertz CT molecular complexity index is 1750. The van der Waals surface area contributed by atoms with Crippen molar-refractivity contribution in [1.82, 2.24) is 4.57 Å². The van der Waals surface area contributed by atoms with E-state index in [0.717, 1.165) is 38.8 Å². The molecule has 1 fully saturated rings. The van der Waals surface area contributed by atoms with Crippen LogP contribution in [0.25, 0.3) is 10.9 Å². The van der Waals surface area contributed by atoms with Gasteiger partial charge < -0.3 is 24.0 Å². The van der Waals surface area contributed by atoms with Crippen LogP contribution in [0.15, 0.2) is 115 Å². The summed E-state index contributed by atoms with van der Waals surface area (Å²) in [4.78, 5) is 16.9. The quantitative estimate of drug-likeness (QED) is 0.265. The van der Waals surface area contributed by atoms with Gasteiger partial charge in [0, 0.05) is 34.9 Å². The standard InChI is InChI=1S/C36H34N2O4/c1-35(2)41-24-32(42-35)33(39)36(28-18-10-12-20-31(28)38(34(36)40)22-26-15-7-4-8-16-26)29-23-37(21-25-13-5-3-6-14-25)30-19-11-9-17-27(29)30/h3-20,23,32-33,39H,21-22,24H2,1-2H3/t32-,33-,36-/m1/s1. The largest absolute Gasteiger partial charge is 0.388 e. The average molecular weight is 559 g/mol. The van der Waals surface area contributed by atoms with Gasteiger partial charge in [-0.2, -0.15) is 0 Å². The zero-order valence-corrected chi connectivity index (χ0v) is 23.8. The first-order chi connectivity index (χ1) is 20.4. The van der Waals surface area contributed by atoms with Crippen molar-refractivity contribution in [2.45, 2.75) is 50.3 Å². The van der Waals surface area contributed by atoms with Gasteiger partial charge in [0.05, 0.1) is 13.2 Å². The minimum absolute atomic E-state index is 0.170. The normalized spacial score (nSPS) is 22.0. The highest BCUT2D eigenvalue weighted by Crippen LogP contribution is 2.52. The molecular weight excluding hydrogens is 524 g/mol. The zero-order chi connectivity index (χ0) is 28.9. The smallest absolute Gasteiger partial charge is 0.245 e. The van der Waals surface area contributed by atoms with Crippen LogP contribution in [0.1, 0.15) is 36.1 Å². The summed E-state index contributed by atoms with van der Waals surface area (Å²) >= 11 is 0. The molecule has 0 aliphatic carbocycles. The van der Waals surface area contributed by atoms with Crippen molar-refractivity contribution in [1.29, 1.82) is 0 Å². The maximum Gasteiger partial charge on any atom is 0.245 e. The molecule has 0 radical (unpaired) electrons. The molecule has 2 aliphatic heterocycles. The fraction of sp³-hybridized carbons (Fsp3) is 0.250. The van der Waals surface area contributed by atoms with Crippen molar-refractivity contribution in [2.24, 2.45) is 0 Å². The van der Waals surface area contributed by atoms with Crippen molar-refractivity contribution < 1.29 is 19.4 Å². The van der Waals surface area contributed by atoms with Crippen LogP contribution in [0.5, 0.6) is 0 Å². The van der Waals surface area contributed by atoms with E-state index in [1.807, 2.05) is 110 Å². The molecule has 3 heterocycles. The van der Waals surface area contributed by atoms with Gasteiger partial charge in [0.15, 0.2) is 5.79 Å². The van der Waals surface area contributed by atoms with E-state index in [2.05, 4.69) is 29.0 Å². The van der Waals surface area contributed by atoms with E-state index in [0.29, 0.717) is 13.1 Å². The van der Waals surface area contributed by atoms with Gasteiger partial charge in [0.1, 0.15) is 17.6 Å². The van der Waals surface area contributed by atoms with Crippen molar-refractivity contribution in [2.75, 3.05) is 11.5 Å². The Morgan fingerprint density at radius 3 is 2.12 bits per heavy atom. The molecule has 1 amide bonds. The van der Waals surface area contributed by atoms with Crippen molar-refractivity contribution >= 4 is 22.5 Å². The molecule has 0 saturated carbocycles. The van der Waals surface area contributed by atoms with Gasteiger partial charge in [-0.25, -0.2) is 0 Å². The lowest BCUT2D eigenvalue weighted by molar-refractivity contribution is -0.158. The zero-order valence-electron chi connectivity index (χ0n) is 23.8. The number of ether oxygens (including phenoxy) is 2. The number of benzene rings is 4. The van der Waals surface area contributed by atoms with Gasteiger partial charge in [-0.1, -0.05) is 97.1 Å². The monoisotopic (exact) mass is 558 g/mol. The predicted molar refractivity (Wildman–Crippen MR) is 163 cm³/mol. The highest BCUT2D eigenvalue weighted by Gasteiger charge is 2.61. The fourth-order valence-corrected chi connectivity index (χ4v) is 6.73. The van der Waals surface area contributed by atoms with Crippen LogP contribution in [0.2, 0.25) is 0 Å². The molecule has 7 rings (SSSR count). The van der Waals surface area contributed by atoms with Crippen LogP contribution < -0.4 is 4.90 Å². The summed E-state index contributed by atoms with van der Waals surface area (Å²) in [6, 6.07) is 36.2. The number of carbonyl (C=O) groups excluding carboxylic acids is 1. The fourth-order valence-electron chi connectivity index (χ4n) is 6.73. The van der Waals surface area contributed by atoms with Gasteiger partial charge in [0.25, 0.3) is 0 Å². The number of aliphatic hydroxyl groups is 1. The van der Waals surface area contributed by atoms with Gasteiger partial charge in [-0.3, -0.25) is 4.79 Å². The summed E-state index contributed by atoms with van der Waals surface area (Å²) in [6.07, 6.45) is 0.150. The molecule has 0 unspecified atom stereocenters. The number of hydrogen-bond acceptors (Lipinski definition) is 4. The highest BCUT2D eigenvalue weighted by atomic mass is 16.7. The van der Waals surface area contributed by atoms with Crippen LogP contribution in [0.4, 0.5) is 5.69 Å². The van der Waals surface area contributed by atoms with Crippen LogP contribution in [-0.2, 0) is 32.8 Å². The maximum absolute atomic E-state index is 15.1. The predicted octanol–water partition coefficient (Wildman–Crippen LogP) is 6.03. The third-order valence-corrected chi connectivity index (χ3v) is 8.62. The number of hydrogen-bond donors (Lipinski definition) is 1. The molecule has 6 nitrogen and oxygen atoms in total. The second-order valence-corrected chi connectivity index (χ2v) is 11.7. The summed E-state index contributed by atoms with van der Waals surface area (Å²) in [6.45, 7) is 4.88. The maximum atomic E-state index is 15.1. The Morgan fingerprint density at radius 2 is 1.43 bits per heavy atom. The summed E-state index contributed by atoms with van der Waals surface area (Å²) in [5.41, 5.74) is 4.08. The number of amides is 1.